The van der Waals surface area contributed by atoms with E-state index in [1.165, 1.54) is 12.1 Å². The number of rotatable bonds is 2. The summed E-state index contributed by atoms with van der Waals surface area (Å²) in [6.45, 7) is 1.29. The SMILES string of the molecule is CN1CCC(O)(Cc2cccc(F)c2F)C1. The van der Waals surface area contributed by atoms with E-state index in [0.717, 1.165) is 12.6 Å². The van der Waals surface area contributed by atoms with E-state index >= 15 is 0 Å². The number of halogens is 2. The Labute approximate surface area is 93.5 Å². The molecule has 1 saturated heterocycles. The van der Waals surface area contributed by atoms with Crippen LogP contribution >= 0.6 is 0 Å². The Hall–Kier alpha value is -1.00. The van der Waals surface area contributed by atoms with Crippen LogP contribution in [-0.4, -0.2) is 35.7 Å². The van der Waals surface area contributed by atoms with Crippen molar-refractivity contribution in [3.63, 3.8) is 0 Å². The first-order chi connectivity index (χ1) is 7.50. The van der Waals surface area contributed by atoms with Gasteiger partial charge in [-0.15, -0.1) is 0 Å². The van der Waals surface area contributed by atoms with Gasteiger partial charge in [0.05, 0.1) is 5.60 Å². The molecule has 1 fully saturated rings. The summed E-state index contributed by atoms with van der Waals surface area (Å²) < 4.78 is 26.4. The molecule has 0 saturated carbocycles. The topological polar surface area (TPSA) is 23.5 Å². The van der Waals surface area contributed by atoms with Crippen molar-refractivity contribution in [3.05, 3.63) is 35.4 Å². The Kier molecular flexibility index (Phi) is 2.95. The van der Waals surface area contributed by atoms with Gasteiger partial charge in [0.2, 0.25) is 0 Å². The molecule has 1 heterocycles. The van der Waals surface area contributed by atoms with Crippen molar-refractivity contribution in [1.82, 2.24) is 4.90 Å². The summed E-state index contributed by atoms with van der Waals surface area (Å²) >= 11 is 0. The van der Waals surface area contributed by atoms with Gasteiger partial charge in [0.25, 0.3) is 0 Å². The van der Waals surface area contributed by atoms with E-state index in [9.17, 15) is 13.9 Å². The zero-order chi connectivity index (χ0) is 11.8. The van der Waals surface area contributed by atoms with E-state index < -0.39 is 17.2 Å². The molecule has 0 bridgehead atoms. The summed E-state index contributed by atoms with van der Waals surface area (Å²) in [4.78, 5) is 1.98. The fraction of sp³-hybridized carbons (Fsp3) is 0.500. The van der Waals surface area contributed by atoms with Gasteiger partial charge in [-0.3, -0.25) is 0 Å². The van der Waals surface area contributed by atoms with Crippen LogP contribution in [0.25, 0.3) is 0 Å². The third kappa shape index (κ3) is 2.23. The molecular weight excluding hydrogens is 212 g/mol. The van der Waals surface area contributed by atoms with Crippen molar-refractivity contribution in [2.75, 3.05) is 20.1 Å². The second-order valence-electron chi connectivity index (χ2n) is 4.60. The molecule has 1 aromatic rings. The third-order valence-corrected chi connectivity index (χ3v) is 3.07. The smallest absolute Gasteiger partial charge is 0.162 e. The predicted molar refractivity (Wildman–Crippen MR) is 57.1 cm³/mol. The Morgan fingerprint density at radius 2 is 2.19 bits per heavy atom. The number of β-amino-alcohol motifs (C(OH)–C–C–N with tert-alkyl or cyclic N) is 1. The van der Waals surface area contributed by atoms with Crippen molar-refractivity contribution < 1.29 is 13.9 Å². The lowest BCUT2D eigenvalue weighted by Gasteiger charge is -2.22. The van der Waals surface area contributed by atoms with Gasteiger partial charge in [0.1, 0.15) is 0 Å². The largest absolute Gasteiger partial charge is 0.388 e. The van der Waals surface area contributed by atoms with Crippen LogP contribution in [0.4, 0.5) is 8.78 Å². The number of aliphatic hydroxyl groups is 1. The van der Waals surface area contributed by atoms with Gasteiger partial charge in [0.15, 0.2) is 11.6 Å². The molecule has 0 spiro atoms. The molecule has 2 nitrogen and oxygen atoms in total. The molecule has 1 N–H and O–H groups in total. The van der Waals surface area contributed by atoms with Crippen LogP contribution in [-0.2, 0) is 6.42 Å². The molecule has 0 amide bonds. The highest BCUT2D eigenvalue weighted by atomic mass is 19.2. The van der Waals surface area contributed by atoms with Crippen LogP contribution in [0, 0.1) is 11.6 Å². The Morgan fingerprint density at radius 1 is 1.44 bits per heavy atom. The summed E-state index contributed by atoms with van der Waals surface area (Å²) in [5, 5.41) is 10.2. The molecular formula is C12H15F2NO. The minimum Gasteiger partial charge on any atom is -0.388 e. The van der Waals surface area contributed by atoms with E-state index in [4.69, 9.17) is 0 Å². The second-order valence-corrected chi connectivity index (χ2v) is 4.60. The Bertz CT molecular complexity index is 397. The third-order valence-electron chi connectivity index (χ3n) is 3.07. The molecule has 0 aromatic heterocycles. The first-order valence-electron chi connectivity index (χ1n) is 5.34. The first-order valence-corrected chi connectivity index (χ1v) is 5.34. The lowest BCUT2D eigenvalue weighted by molar-refractivity contribution is 0.0513. The summed E-state index contributed by atoms with van der Waals surface area (Å²) in [5.74, 6) is -1.70. The van der Waals surface area contributed by atoms with Gasteiger partial charge >= 0.3 is 0 Å². The normalized spacial score (nSPS) is 26.2. The van der Waals surface area contributed by atoms with E-state index in [1.807, 2.05) is 11.9 Å². The van der Waals surface area contributed by atoms with E-state index in [2.05, 4.69) is 0 Å². The molecule has 0 aliphatic carbocycles. The van der Waals surface area contributed by atoms with Crippen molar-refractivity contribution >= 4 is 0 Å². The molecule has 1 aromatic carbocycles. The van der Waals surface area contributed by atoms with Crippen LogP contribution in [0.2, 0.25) is 0 Å². The highest BCUT2D eigenvalue weighted by Gasteiger charge is 2.35. The fourth-order valence-corrected chi connectivity index (χ4v) is 2.24. The average molecular weight is 227 g/mol. The first kappa shape index (κ1) is 11.5. The number of benzene rings is 1. The number of nitrogens with zero attached hydrogens (tertiary/aromatic N) is 1. The average Bonchev–Trinajstić information content (AvgIpc) is 2.54. The van der Waals surface area contributed by atoms with E-state index in [0.29, 0.717) is 13.0 Å². The Balaban J connectivity index is 2.18. The molecule has 1 aliphatic rings. The number of hydrogen-bond donors (Lipinski definition) is 1. The van der Waals surface area contributed by atoms with Crippen molar-refractivity contribution in [3.8, 4) is 0 Å². The maximum Gasteiger partial charge on any atom is 0.162 e. The molecule has 88 valence electrons. The van der Waals surface area contributed by atoms with Crippen molar-refractivity contribution in [1.29, 1.82) is 0 Å². The summed E-state index contributed by atoms with van der Waals surface area (Å²) in [7, 11) is 1.90. The van der Waals surface area contributed by atoms with Crippen LogP contribution < -0.4 is 0 Å². The number of likely N-dealkylation sites (tertiary alicyclic amines) is 1. The fourth-order valence-electron chi connectivity index (χ4n) is 2.24. The van der Waals surface area contributed by atoms with E-state index in [1.54, 1.807) is 0 Å². The van der Waals surface area contributed by atoms with Crippen molar-refractivity contribution in [2.45, 2.75) is 18.4 Å². The molecule has 0 radical (unpaired) electrons. The quantitative estimate of drug-likeness (QED) is 0.829. The molecule has 1 aliphatic heterocycles. The number of likely N-dealkylation sites (N-methyl/N-ethyl adjacent to an activating group) is 1. The zero-order valence-electron chi connectivity index (χ0n) is 9.21. The molecule has 4 heteroatoms. The maximum atomic E-state index is 13.4. The second kappa shape index (κ2) is 4.11. The standard InChI is InChI=1S/C12H15F2NO/c1-15-6-5-12(16,8-15)7-9-3-2-4-10(13)11(9)14/h2-4,16H,5-8H2,1H3. The van der Waals surface area contributed by atoms with Crippen molar-refractivity contribution in [2.24, 2.45) is 0 Å². The Morgan fingerprint density at radius 3 is 2.81 bits per heavy atom. The summed E-state index contributed by atoms with van der Waals surface area (Å²) in [6.07, 6.45) is 0.764. The lowest BCUT2D eigenvalue weighted by Crippen LogP contribution is -2.34. The van der Waals surface area contributed by atoms with Gasteiger partial charge in [-0.05, 0) is 25.1 Å². The van der Waals surface area contributed by atoms with Crippen LogP contribution in [0.5, 0.6) is 0 Å². The van der Waals surface area contributed by atoms with E-state index in [-0.39, 0.29) is 12.0 Å². The predicted octanol–water partition coefficient (Wildman–Crippen LogP) is 1.57. The van der Waals surface area contributed by atoms with Gasteiger partial charge in [-0.2, -0.15) is 0 Å². The minimum absolute atomic E-state index is 0.168. The van der Waals surface area contributed by atoms with Gasteiger partial charge in [-0.1, -0.05) is 12.1 Å². The molecule has 1 atom stereocenters. The van der Waals surface area contributed by atoms with Gasteiger partial charge in [0, 0.05) is 19.5 Å². The summed E-state index contributed by atoms with van der Waals surface area (Å²) in [6, 6.07) is 4.08. The van der Waals surface area contributed by atoms with Crippen LogP contribution in [0.15, 0.2) is 18.2 Å². The van der Waals surface area contributed by atoms with Crippen LogP contribution in [0.1, 0.15) is 12.0 Å². The summed E-state index contributed by atoms with van der Waals surface area (Å²) in [5.41, 5.74) is -0.679. The maximum absolute atomic E-state index is 13.4. The van der Waals surface area contributed by atoms with Gasteiger partial charge < -0.3 is 10.0 Å². The van der Waals surface area contributed by atoms with Crippen LogP contribution in [0.3, 0.4) is 0 Å². The highest BCUT2D eigenvalue weighted by molar-refractivity contribution is 5.21. The molecule has 1 unspecified atom stereocenters. The highest BCUT2D eigenvalue weighted by Crippen LogP contribution is 2.26. The zero-order valence-corrected chi connectivity index (χ0v) is 9.21. The monoisotopic (exact) mass is 227 g/mol. The molecule has 16 heavy (non-hydrogen) atoms. The molecule has 2 rings (SSSR count). The minimum atomic E-state index is -0.927. The van der Waals surface area contributed by atoms with Gasteiger partial charge in [-0.25, -0.2) is 8.78 Å². The lowest BCUT2D eigenvalue weighted by atomic mass is 9.93. The number of hydrogen-bond acceptors (Lipinski definition) is 2.